The highest BCUT2D eigenvalue weighted by Crippen LogP contribution is 2.23. The topological polar surface area (TPSA) is 30.5 Å². The van der Waals surface area contributed by atoms with Gasteiger partial charge in [0, 0.05) is 32.4 Å². The lowest BCUT2D eigenvalue weighted by Crippen LogP contribution is -2.35. The van der Waals surface area contributed by atoms with Crippen molar-refractivity contribution in [3.63, 3.8) is 0 Å². The molecule has 3 heteroatoms. The Balaban J connectivity index is 1.43. The van der Waals surface area contributed by atoms with Crippen LogP contribution >= 0.6 is 0 Å². The molecule has 1 aliphatic heterocycles. The predicted molar refractivity (Wildman–Crippen MR) is 73.8 cm³/mol. The van der Waals surface area contributed by atoms with Crippen molar-refractivity contribution in [3.8, 4) is 0 Å². The van der Waals surface area contributed by atoms with Crippen LogP contribution < -0.4 is 5.32 Å². The molecule has 18 heavy (non-hydrogen) atoms. The Labute approximate surface area is 112 Å². The second kappa shape index (κ2) is 8.13. The van der Waals surface area contributed by atoms with E-state index in [4.69, 9.17) is 9.47 Å². The van der Waals surface area contributed by atoms with Gasteiger partial charge in [0.05, 0.1) is 6.61 Å². The molecule has 1 saturated heterocycles. The molecule has 1 heterocycles. The average molecular weight is 255 g/mol. The third-order valence-electron chi connectivity index (χ3n) is 4.39. The van der Waals surface area contributed by atoms with Crippen molar-refractivity contribution in [1.82, 2.24) is 5.32 Å². The summed E-state index contributed by atoms with van der Waals surface area (Å²) in [4.78, 5) is 0. The molecule has 2 rings (SSSR count). The minimum Gasteiger partial charge on any atom is -0.381 e. The first-order chi connectivity index (χ1) is 8.84. The first kappa shape index (κ1) is 14.3. The molecule has 0 unspecified atom stereocenters. The Morgan fingerprint density at radius 3 is 2.50 bits per heavy atom. The van der Waals surface area contributed by atoms with Gasteiger partial charge in [0.2, 0.25) is 0 Å². The van der Waals surface area contributed by atoms with E-state index in [1.54, 1.807) is 0 Å². The number of hydrogen-bond donors (Lipinski definition) is 1. The maximum absolute atomic E-state index is 5.77. The number of hydrogen-bond acceptors (Lipinski definition) is 3. The minimum absolute atomic E-state index is 0.731. The quantitative estimate of drug-likeness (QED) is 0.740. The first-order valence-electron chi connectivity index (χ1n) is 7.73. The van der Waals surface area contributed by atoms with Crippen LogP contribution in [0.3, 0.4) is 0 Å². The highest BCUT2D eigenvalue weighted by molar-refractivity contribution is 4.74. The maximum Gasteiger partial charge on any atom is 0.0591 e. The van der Waals surface area contributed by atoms with E-state index in [9.17, 15) is 0 Å². The van der Waals surface area contributed by atoms with Gasteiger partial charge in [-0.2, -0.15) is 0 Å². The fourth-order valence-electron chi connectivity index (χ4n) is 2.96. The third-order valence-corrected chi connectivity index (χ3v) is 4.39. The summed E-state index contributed by atoms with van der Waals surface area (Å²) in [6.07, 6.45) is 7.82. The summed E-state index contributed by atoms with van der Waals surface area (Å²) in [7, 11) is 0. The molecule has 0 radical (unpaired) electrons. The van der Waals surface area contributed by atoms with Gasteiger partial charge in [-0.25, -0.2) is 0 Å². The van der Waals surface area contributed by atoms with Crippen LogP contribution in [0.15, 0.2) is 0 Å². The average Bonchev–Trinajstić information content (AvgIpc) is 2.42. The van der Waals surface area contributed by atoms with Gasteiger partial charge in [0.15, 0.2) is 0 Å². The van der Waals surface area contributed by atoms with Crippen LogP contribution in [-0.2, 0) is 9.47 Å². The maximum atomic E-state index is 5.77. The van der Waals surface area contributed by atoms with E-state index < -0.39 is 0 Å². The number of ether oxygens (including phenoxy) is 2. The Kier molecular flexibility index (Phi) is 6.46. The second-order valence-electron chi connectivity index (χ2n) is 6.04. The highest BCUT2D eigenvalue weighted by Gasteiger charge is 2.17. The van der Waals surface area contributed by atoms with Crippen LogP contribution in [0.25, 0.3) is 0 Å². The lowest BCUT2D eigenvalue weighted by Gasteiger charge is -2.27. The molecule has 0 bridgehead atoms. The van der Waals surface area contributed by atoms with E-state index in [1.807, 2.05) is 0 Å². The van der Waals surface area contributed by atoms with Crippen LogP contribution in [0.5, 0.6) is 0 Å². The van der Waals surface area contributed by atoms with Crippen molar-refractivity contribution in [2.24, 2.45) is 11.8 Å². The fraction of sp³-hybridized carbons (Fsp3) is 1.00. The van der Waals surface area contributed by atoms with Crippen molar-refractivity contribution < 1.29 is 9.47 Å². The molecule has 106 valence electrons. The number of rotatable bonds is 6. The van der Waals surface area contributed by atoms with Crippen molar-refractivity contribution >= 4 is 0 Å². The summed E-state index contributed by atoms with van der Waals surface area (Å²) >= 11 is 0. The minimum atomic E-state index is 0.731. The van der Waals surface area contributed by atoms with Gasteiger partial charge in [-0.1, -0.05) is 6.92 Å². The summed E-state index contributed by atoms with van der Waals surface area (Å²) in [5, 5.41) is 3.63. The zero-order valence-corrected chi connectivity index (χ0v) is 11.8. The van der Waals surface area contributed by atoms with Gasteiger partial charge in [0.25, 0.3) is 0 Å². The molecule has 0 aromatic carbocycles. The van der Waals surface area contributed by atoms with E-state index in [0.717, 1.165) is 50.8 Å². The van der Waals surface area contributed by atoms with Gasteiger partial charge in [-0.15, -0.1) is 0 Å². The Hall–Kier alpha value is -0.120. The van der Waals surface area contributed by atoms with Crippen LogP contribution in [0.1, 0.15) is 45.4 Å². The monoisotopic (exact) mass is 255 g/mol. The molecule has 1 N–H and O–H groups in total. The molecule has 0 aromatic heterocycles. The molecule has 1 aliphatic carbocycles. The van der Waals surface area contributed by atoms with Crippen LogP contribution in [0.2, 0.25) is 0 Å². The Morgan fingerprint density at radius 1 is 1.06 bits per heavy atom. The molecule has 0 amide bonds. The van der Waals surface area contributed by atoms with Crippen molar-refractivity contribution in [3.05, 3.63) is 0 Å². The predicted octanol–water partition coefficient (Wildman–Crippen LogP) is 2.60. The standard InChI is InChI=1S/C15H29NO2/c1-13-2-4-15(5-3-13)16-8-11-18-12-14-6-9-17-10-7-14/h13-16H,2-12H2,1H3. The van der Waals surface area contributed by atoms with Crippen LogP contribution in [-0.4, -0.2) is 39.0 Å². The molecule has 1 saturated carbocycles. The summed E-state index contributed by atoms with van der Waals surface area (Å²) < 4.78 is 11.1. The molecule has 3 nitrogen and oxygen atoms in total. The van der Waals surface area contributed by atoms with Gasteiger partial charge in [-0.05, 0) is 50.4 Å². The molecule has 2 fully saturated rings. The van der Waals surface area contributed by atoms with E-state index >= 15 is 0 Å². The lowest BCUT2D eigenvalue weighted by atomic mass is 9.87. The second-order valence-corrected chi connectivity index (χ2v) is 6.04. The molecule has 0 aromatic rings. The highest BCUT2D eigenvalue weighted by atomic mass is 16.5. The summed E-state index contributed by atoms with van der Waals surface area (Å²) in [6, 6.07) is 0.743. The third kappa shape index (κ3) is 5.25. The number of nitrogens with one attached hydrogen (secondary N) is 1. The summed E-state index contributed by atoms with van der Waals surface area (Å²) in [6.45, 7) is 7.02. The van der Waals surface area contributed by atoms with Gasteiger partial charge >= 0.3 is 0 Å². The SMILES string of the molecule is CC1CCC(NCCOCC2CCOCC2)CC1. The fourth-order valence-corrected chi connectivity index (χ4v) is 2.96. The molecule has 0 atom stereocenters. The summed E-state index contributed by atoms with van der Waals surface area (Å²) in [5.41, 5.74) is 0. The van der Waals surface area contributed by atoms with Gasteiger partial charge in [0.1, 0.15) is 0 Å². The summed E-state index contributed by atoms with van der Waals surface area (Å²) in [5.74, 6) is 1.67. The van der Waals surface area contributed by atoms with E-state index in [0.29, 0.717) is 0 Å². The van der Waals surface area contributed by atoms with Crippen molar-refractivity contribution in [2.75, 3.05) is 33.0 Å². The lowest BCUT2D eigenvalue weighted by molar-refractivity contribution is 0.0208. The first-order valence-corrected chi connectivity index (χ1v) is 7.73. The normalized spacial score (nSPS) is 30.5. The van der Waals surface area contributed by atoms with Crippen LogP contribution in [0.4, 0.5) is 0 Å². The molecular weight excluding hydrogens is 226 g/mol. The Morgan fingerprint density at radius 2 is 1.78 bits per heavy atom. The van der Waals surface area contributed by atoms with Crippen LogP contribution in [0, 0.1) is 11.8 Å². The van der Waals surface area contributed by atoms with E-state index in [1.165, 1.54) is 38.5 Å². The van der Waals surface area contributed by atoms with E-state index in [-0.39, 0.29) is 0 Å². The zero-order chi connectivity index (χ0) is 12.6. The van der Waals surface area contributed by atoms with Crippen molar-refractivity contribution in [1.29, 1.82) is 0 Å². The van der Waals surface area contributed by atoms with E-state index in [2.05, 4.69) is 12.2 Å². The van der Waals surface area contributed by atoms with Gasteiger partial charge < -0.3 is 14.8 Å². The largest absolute Gasteiger partial charge is 0.381 e. The zero-order valence-electron chi connectivity index (χ0n) is 11.8. The Bertz CT molecular complexity index is 209. The molecule has 2 aliphatic rings. The molecular formula is C15H29NO2. The van der Waals surface area contributed by atoms with Crippen molar-refractivity contribution in [2.45, 2.75) is 51.5 Å². The smallest absolute Gasteiger partial charge is 0.0591 e. The van der Waals surface area contributed by atoms with Gasteiger partial charge in [-0.3, -0.25) is 0 Å². The molecule has 0 spiro atoms.